The van der Waals surface area contributed by atoms with Gasteiger partial charge in [-0.3, -0.25) is 4.99 Å². The van der Waals surface area contributed by atoms with Gasteiger partial charge in [0.05, 0.1) is 10.7 Å². The molecule has 0 aliphatic heterocycles. The van der Waals surface area contributed by atoms with Crippen LogP contribution in [0.1, 0.15) is 5.56 Å². The van der Waals surface area contributed by atoms with Crippen LogP contribution in [0.25, 0.3) is 10.9 Å². The third-order valence-electron chi connectivity index (χ3n) is 2.88. The van der Waals surface area contributed by atoms with Gasteiger partial charge >= 0.3 is 0 Å². The van der Waals surface area contributed by atoms with Crippen LogP contribution in [-0.2, 0) is 0 Å². The molecule has 0 aliphatic rings. The van der Waals surface area contributed by atoms with Crippen molar-refractivity contribution in [1.82, 2.24) is 4.98 Å². The Morgan fingerprint density at radius 3 is 2.84 bits per heavy atom. The molecule has 2 aromatic carbocycles. The van der Waals surface area contributed by atoms with E-state index in [1.807, 2.05) is 30.5 Å². The van der Waals surface area contributed by atoms with Gasteiger partial charge in [-0.2, -0.15) is 0 Å². The zero-order valence-electron chi connectivity index (χ0n) is 9.90. The van der Waals surface area contributed by atoms with E-state index in [2.05, 4.69) is 9.98 Å². The van der Waals surface area contributed by atoms with E-state index in [1.165, 1.54) is 12.1 Å². The van der Waals surface area contributed by atoms with Gasteiger partial charge in [-0.05, 0) is 24.3 Å². The highest BCUT2D eigenvalue weighted by Crippen LogP contribution is 2.22. The Balaban J connectivity index is 1.96. The number of aliphatic imine (C=N–C) groups is 1. The van der Waals surface area contributed by atoms with Gasteiger partial charge in [0.2, 0.25) is 0 Å². The fraction of sp³-hybridized carbons (Fsp3) is 0. The Hall–Kier alpha value is -2.13. The number of nitrogens with zero attached hydrogens (tertiary/aromatic N) is 1. The number of hydrogen-bond acceptors (Lipinski definition) is 1. The maximum absolute atomic E-state index is 13.0. The summed E-state index contributed by atoms with van der Waals surface area (Å²) in [6.45, 7) is 0. The number of halogens is 2. The second kappa shape index (κ2) is 4.86. The molecule has 1 N–H and O–H groups in total. The lowest BCUT2D eigenvalue weighted by Crippen LogP contribution is -1.78. The monoisotopic (exact) mass is 272 g/mol. The van der Waals surface area contributed by atoms with Crippen molar-refractivity contribution in [2.45, 2.75) is 0 Å². The van der Waals surface area contributed by atoms with Crippen LogP contribution in [0.15, 0.2) is 53.7 Å². The summed E-state index contributed by atoms with van der Waals surface area (Å²) < 4.78 is 13.0. The zero-order valence-corrected chi connectivity index (χ0v) is 10.7. The summed E-state index contributed by atoms with van der Waals surface area (Å²) in [4.78, 5) is 7.47. The first kappa shape index (κ1) is 11.9. The molecule has 3 rings (SSSR count). The summed E-state index contributed by atoms with van der Waals surface area (Å²) in [5.41, 5.74) is 2.66. The summed E-state index contributed by atoms with van der Waals surface area (Å²) in [7, 11) is 0. The van der Waals surface area contributed by atoms with E-state index < -0.39 is 5.82 Å². The van der Waals surface area contributed by atoms with Crippen LogP contribution in [0.3, 0.4) is 0 Å². The summed E-state index contributed by atoms with van der Waals surface area (Å²) in [5, 5.41) is 1.17. The quantitative estimate of drug-likeness (QED) is 0.655. The van der Waals surface area contributed by atoms with E-state index in [9.17, 15) is 4.39 Å². The molecule has 0 aliphatic carbocycles. The summed E-state index contributed by atoms with van der Waals surface area (Å²) >= 11 is 5.71. The minimum Gasteiger partial charge on any atom is -0.361 e. The van der Waals surface area contributed by atoms with Crippen LogP contribution < -0.4 is 0 Å². The van der Waals surface area contributed by atoms with Gasteiger partial charge < -0.3 is 4.98 Å². The van der Waals surface area contributed by atoms with Crippen molar-refractivity contribution in [3.8, 4) is 0 Å². The standard InChI is InChI=1S/C15H10ClFN2/c16-13-7-11(5-6-14(13)17)18-8-10-9-19-15-4-2-1-3-12(10)15/h1-9,19H. The second-order valence-electron chi connectivity index (χ2n) is 4.15. The molecule has 2 nitrogen and oxygen atoms in total. The molecule has 0 atom stereocenters. The van der Waals surface area contributed by atoms with Gasteiger partial charge in [0.1, 0.15) is 5.82 Å². The molecular formula is C15H10ClFN2. The predicted octanol–water partition coefficient (Wildman–Crippen LogP) is 4.71. The van der Waals surface area contributed by atoms with E-state index in [-0.39, 0.29) is 5.02 Å². The average molecular weight is 273 g/mol. The molecule has 0 radical (unpaired) electrons. The summed E-state index contributed by atoms with van der Waals surface area (Å²) in [6, 6.07) is 12.4. The van der Waals surface area contributed by atoms with Crippen molar-refractivity contribution >= 4 is 34.4 Å². The third kappa shape index (κ3) is 2.37. The fourth-order valence-electron chi connectivity index (χ4n) is 1.91. The number of fused-ring (bicyclic) bond motifs is 1. The van der Waals surface area contributed by atoms with Crippen molar-refractivity contribution in [3.63, 3.8) is 0 Å². The predicted molar refractivity (Wildman–Crippen MR) is 77.0 cm³/mol. The highest BCUT2D eigenvalue weighted by atomic mass is 35.5. The van der Waals surface area contributed by atoms with Crippen molar-refractivity contribution in [2.75, 3.05) is 0 Å². The fourth-order valence-corrected chi connectivity index (χ4v) is 2.08. The van der Waals surface area contributed by atoms with Crippen LogP contribution in [0.2, 0.25) is 5.02 Å². The summed E-state index contributed by atoms with van der Waals surface area (Å²) in [5.74, 6) is -0.437. The van der Waals surface area contributed by atoms with Crippen LogP contribution in [0, 0.1) is 5.82 Å². The van der Waals surface area contributed by atoms with Gasteiger partial charge in [-0.25, -0.2) is 4.39 Å². The zero-order chi connectivity index (χ0) is 13.2. The van der Waals surface area contributed by atoms with E-state index in [1.54, 1.807) is 12.3 Å². The van der Waals surface area contributed by atoms with Crippen molar-refractivity contribution in [3.05, 3.63) is 65.1 Å². The molecule has 94 valence electrons. The molecule has 0 amide bonds. The van der Waals surface area contributed by atoms with Gasteiger partial charge in [0, 0.05) is 28.9 Å². The van der Waals surface area contributed by atoms with Crippen molar-refractivity contribution in [1.29, 1.82) is 0 Å². The Labute approximate surface area is 114 Å². The lowest BCUT2D eigenvalue weighted by molar-refractivity contribution is 0.628. The van der Waals surface area contributed by atoms with Crippen LogP contribution in [0.5, 0.6) is 0 Å². The molecule has 19 heavy (non-hydrogen) atoms. The van der Waals surface area contributed by atoms with Crippen molar-refractivity contribution in [2.24, 2.45) is 4.99 Å². The molecule has 0 saturated carbocycles. The van der Waals surface area contributed by atoms with E-state index in [0.717, 1.165) is 16.5 Å². The van der Waals surface area contributed by atoms with E-state index in [0.29, 0.717) is 5.69 Å². The number of aromatic nitrogens is 1. The Kier molecular flexibility index (Phi) is 3.05. The number of benzene rings is 2. The van der Waals surface area contributed by atoms with Gasteiger partial charge in [-0.15, -0.1) is 0 Å². The maximum atomic E-state index is 13.0. The summed E-state index contributed by atoms with van der Waals surface area (Å²) in [6.07, 6.45) is 3.63. The molecule has 0 unspecified atom stereocenters. The smallest absolute Gasteiger partial charge is 0.141 e. The largest absolute Gasteiger partial charge is 0.361 e. The molecule has 3 aromatic rings. The molecule has 0 fully saturated rings. The van der Waals surface area contributed by atoms with E-state index in [4.69, 9.17) is 11.6 Å². The molecule has 0 bridgehead atoms. The molecule has 0 spiro atoms. The number of para-hydroxylation sites is 1. The topological polar surface area (TPSA) is 28.1 Å². The maximum Gasteiger partial charge on any atom is 0.141 e. The number of nitrogens with one attached hydrogen (secondary N) is 1. The first-order valence-corrected chi connectivity index (χ1v) is 6.17. The molecule has 0 saturated heterocycles. The highest BCUT2D eigenvalue weighted by molar-refractivity contribution is 6.31. The van der Waals surface area contributed by atoms with Crippen LogP contribution >= 0.6 is 11.6 Å². The second-order valence-corrected chi connectivity index (χ2v) is 4.55. The average Bonchev–Trinajstić information content (AvgIpc) is 2.83. The minimum absolute atomic E-state index is 0.0774. The van der Waals surface area contributed by atoms with Gasteiger partial charge in [-0.1, -0.05) is 29.8 Å². The van der Waals surface area contributed by atoms with Crippen LogP contribution in [-0.4, -0.2) is 11.2 Å². The van der Waals surface area contributed by atoms with Crippen molar-refractivity contribution < 1.29 is 4.39 Å². The highest BCUT2D eigenvalue weighted by Gasteiger charge is 2.01. The number of hydrogen-bond donors (Lipinski definition) is 1. The lowest BCUT2D eigenvalue weighted by atomic mass is 10.2. The SMILES string of the molecule is Fc1ccc(N=Cc2c[nH]c3ccccc23)cc1Cl. The molecular weight excluding hydrogens is 263 g/mol. The Morgan fingerprint density at radius 1 is 1.16 bits per heavy atom. The van der Waals surface area contributed by atoms with E-state index >= 15 is 0 Å². The number of rotatable bonds is 2. The Morgan fingerprint density at radius 2 is 2.00 bits per heavy atom. The van der Waals surface area contributed by atoms with Gasteiger partial charge in [0.15, 0.2) is 0 Å². The normalized spacial score (nSPS) is 11.5. The minimum atomic E-state index is -0.437. The molecule has 1 aromatic heterocycles. The first-order chi connectivity index (χ1) is 9.24. The molecule has 4 heteroatoms. The third-order valence-corrected chi connectivity index (χ3v) is 3.17. The first-order valence-electron chi connectivity index (χ1n) is 5.79. The Bertz CT molecular complexity index is 762. The van der Waals surface area contributed by atoms with Crippen LogP contribution in [0.4, 0.5) is 10.1 Å². The number of H-pyrrole nitrogens is 1. The molecule has 1 heterocycles. The lowest BCUT2D eigenvalue weighted by Gasteiger charge is -1.96. The van der Waals surface area contributed by atoms with Gasteiger partial charge in [0.25, 0.3) is 0 Å². The number of aromatic amines is 1.